The van der Waals surface area contributed by atoms with E-state index >= 15 is 0 Å². The van der Waals surface area contributed by atoms with Crippen LogP contribution in [0.3, 0.4) is 0 Å². The van der Waals surface area contributed by atoms with Gasteiger partial charge in [-0.2, -0.15) is 0 Å². The number of carbonyl (C=O) groups is 1. The van der Waals surface area contributed by atoms with E-state index in [9.17, 15) is 9.90 Å². The summed E-state index contributed by atoms with van der Waals surface area (Å²) in [5.74, 6) is 5.86. The quantitative estimate of drug-likeness (QED) is 0.585. The lowest BCUT2D eigenvalue weighted by Gasteiger charge is -2.10. The molecule has 4 heteroatoms. The molecule has 1 amide bonds. The smallest absolute Gasteiger partial charge is 0.226 e. The molecule has 14 heavy (non-hydrogen) atoms. The normalized spacial score (nSPS) is 21.3. The van der Waals surface area contributed by atoms with Gasteiger partial charge in [-0.1, -0.05) is 11.8 Å². The summed E-state index contributed by atoms with van der Waals surface area (Å²) in [6.45, 7) is 1.56. The molecule has 0 aromatic carbocycles. The molecule has 0 aliphatic carbocycles. The van der Waals surface area contributed by atoms with Gasteiger partial charge in [0.1, 0.15) is 0 Å². The van der Waals surface area contributed by atoms with Crippen molar-refractivity contribution in [1.82, 2.24) is 9.80 Å². The first kappa shape index (κ1) is 11.0. The average Bonchev–Trinajstić information content (AvgIpc) is 2.39. The molecule has 0 unspecified atom stereocenters. The van der Waals surface area contributed by atoms with Gasteiger partial charge >= 0.3 is 0 Å². The highest BCUT2D eigenvalue weighted by atomic mass is 16.3. The number of likely N-dealkylation sites (tertiary alicyclic amines) is 1. The molecule has 1 N–H and O–H groups in total. The van der Waals surface area contributed by atoms with Gasteiger partial charge in [-0.3, -0.25) is 9.69 Å². The maximum atomic E-state index is 11.2. The molecule has 1 saturated heterocycles. The van der Waals surface area contributed by atoms with Crippen molar-refractivity contribution in [2.24, 2.45) is 0 Å². The standard InChI is InChI=1S/C10H16N2O2/c1-11(2)5-3-4-6-12-8-9(13)7-10(12)14/h9,13H,5-8H2,1-2H3/t9-/m0/s1. The van der Waals surface area contributed by atoms with Gasteiger partial charge in [0.15, 0.2) is 0 Å². The first-order valence-electron chi connectivity index (χ1n) is 4.66. The second-order valence-corrected chi connectivity index (χ2v) is 3.72. The molecule has 0 aromatic heterocycles. The number of β-amino-alcohol motifs (C(OH)–C–C–N with tert-alkyl or cyclic N) is 1. The highest BCUT2D eigenvalue weighted by molar-refractivity contribution is 5.79. The summed E-state index contributed by atoms with van der Waals surface area (Å²) in [7, 11) is 3.89. The lowest BCUT2D eigenvalue weighted by atomic mass is 10.3. The molecular weight excluding hydrogens is 180 g/mol. The summed E-state index contributed by atoms with van der Waals surface area (Å²) >= 11 is 0. The van der Waals surface area contributed by atoms with E-state index in [-0.39, 0.29) is 12.3 Å². The van der Waals surface area contributed by atoms with Crippen molar-refractivity contribution >= 4 is 5.91 Å². The fourth-order valence-electron chi connectivity index (χ4n) is 1.27. The van der Waals surface area contributed by atoms with E-state index in [1.165, 1.54) is 0 Å². The monoisotopic (exact) mass is 196 g/mol. The maximum Gasteiger partial charge on any atom is 0.226 e. The van der Waals surface area contributed by atoms with Crippen molar-refractivity contribution in [2.75, 3.05) is 33.7 Å². The Morgan fingerprint density at radius 3 is 2.79 bits per heavy atom. The van der Waals surface area contributed by atoms with Gasteiger partial charge in [0.05, 0.1) is 25.6 Å². The Morgan fingerprint density at radius 1 is 1.57 bits per heavy atom. The largest absolute Gasteiger partial charge is 0.391 e. The predicted molar refractivity (Wildman–Crippen MR) is 53.5 cm³/mol. The predicted octanol–water partition coefficient (Wildman–Crippen LogP) is -0.855. The first-order valence-corrected chi connectivity index (χ1v) is 4.66. The van der Waals surface area contributed by atoms with Crippen LogP contribution >= 0.6 is 0 Å². The molecule has 0 radical (unpaired) electrons. The van der Waals surface area contributed by atoms with E-state index in [0.717, 1.165) is 0 Å². The third kappa shape index (κ3) is 3.36. The van der Waals surface area contributed by atoms with Crippen molar-refractivity contribution in [3.63, 3.8) is 0 Å². The van der Waals surface area contributed by atoms with Crippen molar-refractivity contribution in [2.45, 2.75) is 12.5 Å². The van der Waals surface area contributed by atoms with Crippen molar-refractivity contribution in [1.29, 1.82) is 0 Å². The molecule has 1 heterocycles. The lowest BCUT2D eigenvalue weighted by molar-refractivity contribution is -0.127. The SMILES string of the molecule is CN(C)CC#CCN1C[C@@H](O)CC1=O. The minimum Gasteiger partial charge on any atom is -0.391 e. The van der Waals surface area contributed by atoms with E-state index in [4.69, 9.17) is 0 Å². The fraction of sp³-hybridized carbons (Fsp3) is 0.700. The van der Waals surface area contributed by atoms with Crippen molar-refractivity contribution in [3.8, 4) is 11.8 Å². The zero-order chi connectivity index (χ0) is 10.6. The highest BCUT2D eigenvalue weighted by Crippen LogP contribution is 2.09. The molecular formula is C10H16N2O2. The molecule has 0 spiro atoms. The number of aliphatic hydroxyl groups is 1. The number of amides is 1. The van der Waals surface area contributed by atoms with Crippen LogP contribution in [-0.4, -0.2) is 60.6 Å². The molecule has 1 atom stereocenters. The van der Waals surface area contributed by atoms with Crippen LogP contribution in [0.25, 0.3) is 0 Å². The van der Waals surface area contributed by atoms with Crippen LogP contribution in [0.2, 0.25) is 0 Å². The summed E-state index contributed by atoms with van der Waals surface area (Å²) in [6.07, 6.45) is -0.256. The van der Waals surface area contributed by atoms with Crippen molar-refractivity contribution < 1.29 is 9.90 Å². The van der Waals surface area contributed by atoms with Crippen LogP contribution in [0.5, 0.6) is 0 Å². The highest BCUT2D eigenvalue weighted by Gasteiger charge is 2.26. The number of nitrogens with zero attached hydrogens (tertiary/aromatic N) is 2. The van der Waals surface area contributed by atoms with Crippen LogP contribution in [0, 0.1) is 11.8 Å². The number of aliphatic hydroxyl groups excluding tert-OH is 1. The number of hydrogen-bond acceptors (Lipinski definition) is 3. The Balaban J connectivity index is 2.30. The minimum absolute atomic E-state index is 0.00310. The number of rotatable bonds is 2. The molecule has 78 valence electrons. The molecule has 0 bridgehead atoms. The van der Waals surface area contributed by atoms with Crippen molar-refractivity contribution in [3.05, 3.63) is 0 Å². The Kier molecular flexibility index (Phi) is 3.93. The zero-order valence-corrected chi connectivity index (χ0v) is 8.66. The summed E-state index contributed by atoms with van der Waals surface area (Å²) in [5, 5.41) is 9.20. The molecule has 1 fully saturated rings. The molecule has 1 aliphatic rings. The van der Waals surface area contributed by atoms with E-state index in [0.29, 0.717) is 19.6 Å². The third-order valence-electron chi connectivity index (χ3n) is 1.98. The minimum atomic E-state index is -0.502. The lowest BCUT2D eigenvalue weighted by Crippen LogP contribution is -2.26. The Labute approximate surface area is 84.5 Å². The van der Waals surface area contributed by atoms with Crippen LogP contribution in [0.4, 0.5) is 0 Å². The number of carbonyl (C=O) groups excluding carboxylic acids is 1. The van der Waals surface area contributed by atoms with Crippen LogP contribution in [0.15, 0.2) is 0 Å². The van der Waals surface area contributed by atoms with Crippen LogP contribution in [0.1, 0.15) is 6.42 Å². The van der Waals surface area contributed by atoms with Gasteiger partial charge in [0, 0.05) is 6.54 Å². The third-order valence-corrected chi connectivity index (χ3v) is 1.98. The van der Waals surface area contributed by atoms with Crippen LogP contribution < -0.4 is 0 Å². The molecule has 1 rings (SSSR count). The summed E-state index contributed by atoms with van der Waals surface area (Å²) in [4.78, 5) is 14.8. The van der Waals surface area contributed by atoms with Gasteiger partial charge in [0.25, 0.3) is 0 Å². The maximum absolute atomic E-state index is 11.2. The Morgan fingerprint density at radius 2 is 2.29 bits per heavy atom. The van der Waals surface area contributed by atoms with Gasteiger partial charge in [-0.15, -0.1) is 0 Å². The number of hydrogen-bond donors (Lipinski definition) is 1. The van der Waals surface area contributed by atoms with E-state index in [1.54, 1.807) is 4.90 Å². The summed E-state index contributed by atoms with van der Waals surface area (Å²) in [5.41, 5.74) is 0. The zero-order valence-electron chi connectivity index (χ0n) is 8.66. The van der Waals surface area contributed by atoms with Gasteiger partial charge in [0.2, 0.25) is 5.91 Å². The summed E-state index contributed by atoms with van der Waals surface area (Å²) in [6, 6.07) is 0. The van der Waals surface area contributed by atoms with Gasteiger partial charge < -0.3 is 10.0 Å². The Hall–Kier alpha value is -1.05. The Bertz CT molecular complexity index is 265. The fourth-order valence-corrected chi connectivity index (χ4v) is 1.27. The van der Waals surface area contributed by atoms with Gasteiger partial charge in [-0.25, -0.2) is 0 Å². The first-order chi connectivity index (χ1) is 6.59. The average molecular weight is 196 g/mol. The molecule has 0 saturated carbocycles. The molecule has 4 nitrogen and oxygen atoms in total. The molecule has 1 aliphatic heterocycles. The topological polar surface area (TPSA) is 43.8 Å². The summed E-state index contributed by atoms with van der Waals surface area (Å²) < 4.78 is 0. The van der Waals surface area contributed by atoms with Crippen LogP contribution in [-0.2, 0) is 4.79 Å². The second kappa shape index (κ2) is 4.99. The molecule has 0 aromatic rings. The second-order valence-electron chi connectivity index (χ2n) is 3.72. The van der Waals surface area contributed by atoms with Gasteiger partial charge in [-0.05, 0) is 14.1 Å². The van der Waals surface area contributed by atoms with E-state index < -0.39 is 6.10 Å². The van der Waals surface area contributed by atoms with E-state index in [2.05, 4.69) is 11.8 Å². The van der Waals surface area contributed by atoms with E-state index in [1.807, 2.05) is 19.0 Å².